The molecule has 1 N–H and O–H groups in total. The Morgan fingerprint density at radius 2 is 1.73 bits per heavy atom. The van der Waals surface area contributed by atoms with E-state index in [9.17, 15) is 14.7 Å². The lowest BCUT2D eigenvalue weighted by Gasteiger charge is -2.21. The van der Waals surface area contributed by atoms with Gasteiger partial charge in [-0.25, -0.2) is 0 Å². The highest BCUT2D eigenvalue weighted by atomic mass is 16.5. The van der Waals surface area contributed by atoms with Gasteiger partial charge in [0, 0.05) is 25.5 Å². The van der Waals surface area contributed by atoms with Gasteiger partial charge in [0.15, 0.2) is 5.78 Å². The Bertz CT molecular complexity index is 755. The van der Waals surface area contributed by atoms with Crippen LogP contribution in [0.1, 0.15) is 40.4 Å². The molecule has 0 heterocycles. The van der Waals surface area contributed by atoms with E-state index in [0.29, 0.717) is 16.9 Å². The first kappa shape index (κ1) is 19.7. The molecule has 0 bridgehead atoms. The topological polar surface area (TPSA) is 66.8 Å². The van der Waals surface area contributed by atoms with Gasteiger partial charge in [0.1, 0.15) is 5.75 Å². The predicted octanol–water partition coefficient (Wildman–Crippen LogP) is 3.16. The van der Waals surface area contributed by atoms with Gasteiger partial charge in [-0.2, -0.15) is 0 Å². The molecule has 1 amide bonds. The highest BCUT2D eigenvalue weighted by Crippen LogP contribution is 2.19. The highest BCUT2D eigenvalue weighted by molar-refractivity contribution is 5.99. The van der Waals surface area contributed by atoms with E-state index in [4.69, 9.17) is 4.74 Å². The van der Waals surface area contributed by atoms with Crippen molar-refractivity contribution in [3.05, 3.63) is 65.2 Å². The zero-order valence-corrected chi connectivity index (χ0v) is 15.4. The van der Waals surface area contributed by atoms with Crippen LogP contribution in [0.15, 0.2) is 48.5 Å². The second-order valence-electron chi connectivity index (χ2n) is 6.30. The number of nitrogens with zero attached hydrogens (tertiary/aromatic N) is 1. The monoisotopic (exact) mass is 355 g/mol. The average molecular weight is 355 g/mol. The van der Waals surface area contributed by atoms with Crippen LogP contribution in [0, 0.1) is 6.92 Å². The van der Waals surface area contributed by atoms with Crippen molar-refractivity contribution >= 4 is 11.7 Å². The van der Waals surface area contributed by atoms with Gasteiger partial charge in [0.2, 0.25) is 5.91 Å². The Morgan fingerprint density at radius 3 is 2.35 bits per heavy atom. The number of amides is 1. The third-order valence-electron chi connectivity index (χ3n) is 4.38. The summed E-state index contributed by atoms with van der Waals surface area (Å²) >= 11 is 0. The number of aliphatic hydroxyl groups is 1. The number of Topliss-reactive ketones (excluding diaryl/α,β-unsaturated/α-hetero) is 1. The number of benzene rings is 2. The molecule has 0 radical (unpaired) electrons. The maximum Gasteiger partial charge on any atom is 0.222 e. The van der Waals surface area contributed by atoms with Gasteiger partial charge >= 0.3 is 0 Å². The van der Waals surface area contributed by atoms with Crippen LogP contribution in [0.4, 0.5) is 0 Å². The van der Waals surface area contributed by atoms with Crippen molar-refractivity contribution < 1.29 is 19.4 Å². The van der Waals surface area contributed by atoms with E-state index in [1.54, 1.807) is 44.5 Å². The normalized spacial score (nSPS) is 11.7. The molecule has 2 aromatic rings. The molecule has 0 aromatic heterocycles. The number of methoxy groups -OCH3 is 1. The standard InChI is InChI=1S/C21H25NO4/c1-15-6-4-5-7-18(15)19(23)12-13-21(25)22(2)14-20(24)16-8-10-17(26-3)11-9-16/h4-11,20,24H,12-14H2,1-3H3. The van der Waals surface area contributed by atoms with Gasteiger partial charge in [-0.15, -0.1) is 0 Å². The van der Waals surface area contributed by atoms with Gasteiger partial charge in [0.25, 0.3) is 0 Å². The van der Waals surface area contributed by atoms with Gasteiger partial charge in [-0.3, -0.25) is 9.59 Å². The van der Waals surface area contributed by atoms with Crippen molar-refractivity contribution in [2.45, 2.75) is 25.9 Å². The number of aryl methyl sites for hydroxylation is 1. The number of ketones is 1. The first-order chi connectivity index (χ1) is 12.4. The van der Waals surface area contributed by atoms with E-state index < -0.39 is 6.10 Å². The molecule has 0 aliphatic heterocycles. The van der Waals surface area contributed by atoms with Crippen LogP contribution in [0.5, 0.6) is 5.75 Å². The Balaban J connectivity index is 1.86. The lowest BCUT2D eigenvalue weighted by Crippen LogP contribution is -2.31. The van der Waals surface area contributed by atoms with Crippen molar-refractivity contribution in [1.82, 2.24) is 4.90 Å². The summed E-state index contributed by atoms with van der Waals surface area (Å²) in [5.41, 5.74) is 2.27. The van der Waals surface area contributed by atoms with Gasteiger partial charge in [-0.1, -0.05) is 36.4 Å². The minimum atomic E-state index is -0.790. The number of carbonyl (C=O) groups excluding carboxylic acids is 2. The zero-order valence-electron chi connectivity index (χ0n) is 15.4. The van der Waals surface area contributed by atoms with E-state index in [1.165, 1.54) is 4.90 Å². The van der Waals surface area contributed by atoms with E-state index in [0.717, 1.165) is 5.56 Å². The lowest BCUT2D eigenvalue weighted by atomic mass is 10.0. The van der Waals surface area contributed by atoms with Gasteiger partial charge in [-0.05, 0) is 30.2 Å². The average Bonchev–Trinajstić information content (AvgIpc) is 2.66. The molecule has 0 fully saturated rings. The summed E-state index contributed by atoms with van der Waals surface area (Å²) in [5.74, 6) is 0.500. The Morgan fingerprint density at radius 1 is 1.08 bits per heavy atom. The van der Waals surface area contributed by atoms with Crippen LogP contribution < -0.4 is 4.74 Å². The van der Waals surface area contributed by atoms with Crippen molar-refractivity contribution in [1.29, 1.82) is 0 Å². The fraction of sp³-hybridized carbons (Fsp3) is 0.333. The number of likely N-dealkylation sites (N-methyl/N-ethyl adjacent to an activating group) is 1. The van der Waals surface area contributed by atoms with Crippen molar-refractivity contribution in [3.8, 4) is 5.75 Å². The molecule has 2 aromatic carbocycles. The number of aliphatic hydroxyl groups excluding tert-OH is 1. The summed E-state index contributed by atoms with van der Waals surface area (Å²) in [5, 5.41) is 10.3. The summed E-state index contributed by atoms with van der Waals surface area (Å²) in [6.07, 6.45) is -0.506. The van der Waals surface area contributed by atoms with Crippen molar-refractivity contribution in [2.75, 3.05) is 20.7 Å². The van der Waals surface area contributed by atoms with Gasteiger partial charge in [0.05, 0.1) is 19.8 Å². The van der Waals surface area contributed by atoms with Crippen LogP contribution in [-0.4, -0.2) is 42.4 Å². The van der Waals surface area contributed by atoms with E-state index in [-0.39, 0.29) is 31.1 Å². The molecule has 0 aliphatic rings. The smallest absolute Gasteiger partial charge is 0.222 e. The summed E-state index contributed by atoms with van der Waals surface area (Å²) in [6.45, 7) is 2.05. The minimum absolute atomic E-state index is 0.0412. The van der Waals surface area contributed by atoms with E-state index in [1.807, 2.05) is 25.1 Å². The van der Waals surface area contributed by atoms with E-state index in [2.05, 4.69) is 0 Å². The Kier molecular flexibility index (Phi) is 6.92. The van der Waals surface area contributed by atoms with Crippen molar-refractivity contribution in [2.24, 2.45) is 0 Å². The zero-order chi connectivity index (χ0) is 19.1. The minimum Gasteiger partial charge on any atom is -0.497 e. The summed E-state index contributed by atoms with van der Waals surface area (Å²) in [6, 6.07) is 14.4. The third kappa shape index (κ3) is 5.17. The number of carbonyl (C=O) groups is 2. The molecule has 138 valence electrons. The second-order valence-corrected chi connectivity index (χ2v) is 6.30. The molecule has 2 rings (SSSR count). The Labute approximate surface area is 154 Å². The lowest BCUT2D eigenvalue weighted by molar-refractivity contribution is -0.131. The molecule has 26 heavy (non-hydrogen) atoms. The Hall–Kier alpha value is -2.66. The third-order valence-corrected chi connectivity index (χ3v) is 4.38. The van der Waals surface area contributed by atoms with Crippen LogP contribution in [0.2, 0.25) is 0 Å². The first-order valence-corrected chi connectivity index (χ1v) is 8.57. The highest BCUT2D eigenvalue weighted by Gasteiger charge is 2.17. The summed E-state index contributed by atoms with van der Waals surface area (Å²) < 4.78 is 5.09. The molecule has 1 atom stereocenters. The second kappa shape index (κ2) is 9.15. The van der Waals surface area contributed by atoms with Gasteiger partial charge < -0.3 is 14.7 Å². The quantitative estimate of drug-likeness (QED) is 0.739. The number of hydrogen-bond acceptors (Lipinski definition) is 4. The molecule has 5 heteroatoms. The number of rotatable bonds is 8. The molecule has 0 saturated carbocycles. The van der Waals surface area contributed by atoms with Crippen LogP contribution in [0.25, 0.3) is 0 Å². The molecule has 0 saturated heterocycles. The maximum atomic E-state index is 12.3. The summed E-state index contributed by atoms with van der Waals surface area (Å²) in [7, 11) is 3.21. The molecular formula is C21H25NO4. The molecule has 5 nitrogen and oxygen atoms in total. The van der Waals surface area contributed by atoms with E-state index >= 15 is 0 Å². The predicted molar refractivity (Wildman–Crippen MR) is 100 cm³/mol. The largest absolute Gasteiger partial charge is 0.497 e. The molecular weight excluding hydrogens is 330 g/mol. The fourth-order valence-corrected chi connectivity index (χ4v) is 2.72. The molecule has 0 aliphatic carbocycles. The molecule has 1 unspecified atom stereocenters. The number of ether oxygens (including phenoxy) is 1. The molecule has 0 spiro atoms. The van der Waals surface area contributed by atoms with Crippen molar-refractivity contribution in [3.63, 3.8) is 0 Å². The summed E-state index contributed by atoms with van der Waals surface area (Å²) in [4.78, 5) is 26.0. The first-order valence-electron chi connectivity index (χ1n) is 8.57. The maximum absolute atomic E-state index is 12.3. The van der Waals surface area contributed by atoms with Crippen LogP contribution >= 0.6 is 0 Å². The number of hydrogen-bond donors (Lipinski definition) is 1. The van der Waals surface area contributed by atoms with Crippen LogP contribution in [-0.2, 0) is 4.79 Å². The SMILES string of the molecule is COc1ccc(C(O)CN(C)C(=O)CCC(=O)c2ccccc2C)cc1. The van der Waals surface area contributed by atoms with Crippen LogP contribution in [0.3, 0.4) is 0 Å². The fourth-order valence-electron chi connectivity index (χ4n) is 2.72.